The molecule has 0 saturated carbocycles. The average Bonchev–Trinajstić information content (AvgIpc) is 2.81. The molecule has 0 aromatic heterocycles. The molecule has 0 amide bonds. The summed E-state index contributed by atoms with van der Waals surface area (Å²) in [5.74, 6) is 0. The van der Waals surface area contributed by atoms with E-state index >= 15 is 0 Å². The molecule has 0 bridgehead atoms. The lowest BCUT2D eigenvalue weighted by atomic mass is 9.99. The van der Waals surface area contributed by atoms with Gasteiger partial charge in [-0.05, 0) is 86.3 Å². The van der Waals surface area contributed by atoms with Crippen molar-refractivity contribution in [1.82, 2.24) is 9.80 Å². The first-order chi connectivity index (χ1) is 16.0. The van der Waals surface area contributed by atoms with Crippen molar-refractivity contribution in [1.29, 1.82) is 0 Å². The van der Waals surface area contributed by atoms with Gasteiger partial charge in [0, 0.05) is 57.2 Å². The molecule has 0 spiro atoms. The number of morpholine rings is 1. The third kappa shape index (κ3) is 6.46. The molecule has 1 saturated heterocycles. The third-order valence-electron chi connectivity index (χ3n) is 6.66. The lowest BCUT2D eigenvalue weighted by Gasteiger charge is -2.33. The Labute approximate surface area is 204 Å². The lowest BCUT2D eigenvalue weighted by Crippen LogP contribution is -2.44. The minimum absolute atomic E-state index is 0.793. The quantitative estimate of drug-likeness (QED) is 0.600. The van der Waals surface area contributed by atoms with Gasteiger partial charge in [-0.3, -0.25) is 4.90 Å². The van der Waals surface area contributed by atoms with E-state index in [0.29, 0.717) is 0 Å². The molecule has 0 unspecified atom stereocenters. The Kier molecular flexibility index (Phi) is 8.23. The van der Waals surface area contributed by atoms with E-state index in [1.54, 1.807) is 0 Å². The number of aryl methyl sites for hydroxylation is 3. The van der Waals surface area contributed by atoms with Crippen LogP contribution in [0.15, 0.2) is 36.4 Å². The molecule has 4 rings (SSSR count). The van der Waals surface area contributed by atoms with Gasteiger partial charge < -0.3 is 19.9 Å². The Morgan fingerprint density at radius 1 is 1.06 bits per heavy atom. The van der Waals surface area contributed by atoms with Crippen LogP contribution in [0.3, 0.4) is 0 Å². The zero-order chi connectivity index (χ0) is 23.2. The molecule has 6 heteroatoms. The van der Waals surface area contributed by atoms with Gasteiger partial charge in [0.25, 0.3) is 0 Å². The van der Waals surface area contributed by atoms with Gasteiger partial charge in [-0.25, -0.2) is 0 Å². The molecular formula is C27H38N4OS. The summed E-state index contributed by atoms with van der Waals surface area (Å²) in [6.07, 6.45) is 2.40. The van der Waals surface area contributed by atoms with Crippen molar-refractivity contribution < 1.29 is 4.74 Å². The second-order valence-electron chi connectivity index (χ2n) is 9.33. The van der Waals surface area contributed by atoms with Crippen molar-refractivity contribution >= 4 is 28.7 Å². The van der Waals surface area contributed by atoms with Crippen LogP contribution >= 0.6 is 12.2 Å². The van der Waals surface area contributed by atoms with Crippen molar-refractivity contribution in [3.05, 3.63) is 58.7 Å². The summed E-state index contributed by atoms with van der Waals surface area (Å²) in [7, 11) is 0. The van der Waals surface area contributed by atoms with Crippen molar-refractivity contribution in [2.45, 2.75) is 40.2 Å². The van der Waals surface area contributed by atoms with E-state index in [0.717, 1.165) is 63.3 Å². The average molecular weight is 467 g/mol. The number of anilines is 2. The molecule has 2 aromatic rings. The van der Waals surface area contributed by atoms with Crippen LogP contribution in [0.1, 0.15) is 35.6 Å². The van der Waals surface area contributed by atoms with E-state index in [4.69, 9.17) is 17.0 Å². The van der Waals surface area contributed by atoms with Gasteiger partial charge in [0.1, 0.15) is 0 Å². The van der Waals surface area contributed by atoms with Gasteiger partial charge in [-0.1, -0.05) is 18.2 Å². The van der Waals surface area contributed by atoms with Crippen molar-refractivity contribution in [2.75, 3.05) is 62.7 Å². The molecule has 0 atom stereocenters. The number of fused-ring (bicyclic) bond motifs is 1. The maximum atomic E-state index is 5.93. The van der Waals surface area contributed by atoms with Gasteiger partial charge in [0.05, 0.1) is 13.2 Å². The third-order valence-corrected chi connectivity index (χ3v) is 7.02. The molecule has 178 valence electrons. The summed E-state index contributed by atoms with van der Waals surface area (Å²) in [5.41, 5.74) is 7.77. The fourth-order valence-electron chi connectivity index (χ4n) is 4.96. The number of thiocarbonyl (C=S) groups is 1. The van der Waals surface area contributed by atoms with Crippen LogP contribution in [-0.2, 0) is 17.7 Å². The Morgan fingerprint density at radius 2 is 1.82 bits per heavy atom. The first-order valence-electron chi connectivity index (χ1n) is 12.3. The van der Waals surface area contributed by atoms with E-state index in [2.05, 4.69) is 77.2 Å². The predicted molar refractivity (Wildman–Crippen MR) is 142 cm³/mol. The highest BCUT2D eigenvalue weighted by atomic mass is 32.1. The number of ether oxygens (including phenoxy) is 1. The van der Waals surface area contributed by atoms with E-state index in [9.17, 15) is 0 Å². The van der Waals surface area contributed by atoms with Crippen LogP contribution in [0.2, 0.25) is 0 Å². The normalized spacial score (nSPS) is 16.4. The maximum Gasteiger partial charge on any atom is 0.173 e. The Balaban J connectivity index is 1.49. The van der Waals surface area contributed by atoms with Gasteiger partial charge in [-0.2, -0.15) is 0 Å². The first-order valence-corrected chi connectivity index (χ1v) is 12.7. The molecule has 33 heavy (non-hydrogen) atoms. The standard InChI is InChI=1S/C27H38N4OS/c1-4-30-9-5-6-24-19-23(7-8-26(24)30)20-31(11-10-29-12-14-32-15-13-29)27(33)28-25-17-21(2)16-22(3)18-25/h7-8,16-19H,4-6,9-15,20H2,1-3H3,(H,28,33). The van der Waals surface area contributed by atoms with E-state index in [-0.39, 0.29) is 0 Å². The largest absolute Gasteiger partial charge is 0.379 e. The van der Waals surface area contributed by atoms with Crippen LogP contribution < -0.4 is 10.2 Å². The number of hydrogen-bond acceptors (Lipinski definition) is 4. The van der Waals surface area contributed by atoms with E-state index in [1.807, 2.05) is 0 Å². The minimum Gasteiger partial charge on any atom is -0.379 e. The van der Waals surface area contributed by atoms with Gasteiger partial charge in [-0.15, -0.1) is 0 Å². The number of nitrogens with zero attached hydrogens (tertiary/aromatic N) is 3. The Bertz CT molecular complexity index is 937. The zero-order valence-corrected chi connectivity index (χ0v) is 21.2. The molecular weight excluding hydrogens is 428 g/mol. The van der Waals surface area contributed by atoms with Crippen LogP contribution in [0.25, 0.3) is 0 Å². The summed E-state index contributed by atoms with van der Waals surface area (Å²) in [6.45, 7) is 15.1. The van der Waals surface area contributed by atoms with Crippen molar-refractivity contribution in [3.8, 4) is 0 Å². The van der Waals surface area contributed by atoms with Crippen LogP contribution in [0, 0.1) is 13.8 Å². The van der Waals surface area contributed by atoms with Gasteiger partial charge in [0.2, 0.25) is 0 Å². The molecule has 5 nitrogen and oxygen atoms in total. The second-order valence-corrected chi connectivity index (χ2v) is 9.72. The Morgan fingerprint density at radius 3 is 2.55 bits per heavy atom. The molecule has 1 N–H and O–H groups in total. The fourth-order valence-corrected chi connectivity index (χ4v) is 5.24. The highest BCUT2D eigenvalue weighted by Gasteiger charge is 2.19. The fraction of sp³-hybridized carbons (Fsp3) is 0.519. The number of hydrogen-bond donors (Lipinski definition) is 1. The molecule has 2 heterocycles. The summed E-state index contributed by atoms with van der Waals surface area (Å²) in [6, 6.07) is 13.5. The van der Waals surface area contributed by atoms with Crippen molar-refractivity contribution in [3.63, 3.8) is 0 Å². The summed E-state index contributed by atoms with van der Waals surface area (Å²) in [4.78, 5) is 7.29. The molecule has 0 radical (unpaired) electrons. The lowest BCUT2D eigenvalue weighted by molar-refractivity contribution is 0.0358. The van der Waals surface area contributed by atoms with Gasteiger partial charge in [0.15, 0.2) is 5.11 Å². The van der Waals surface area contributed by atoms with Gasteiger partial charge >= 0.3 is 0 Å². The number of benzene rings is 2. The highest BCUT2D eigenvalue weighted by molar-refractivity contribution is 7.80. The molecule has 1 fully saturated rings. The smallest absolute Gasteiger partial charge is 0.173 e. The minimum atomic E-state index is 0.793. The first kappa shape index (κ1) is 24.0. The summed E-state index contributed by atoms with van der Waals surface area (Å²) < 4.78 is 5.52. The zero-order valence-electron chi connectivity index (χ0n) is 20.4. The van der Waals surface area contributed by atoms with E-state index < -0.39 is 0 Å². The molecule has 2 aliphatic rings. The Hall–Kier alpha value is -2.15. The number of rotatable bonds is 7. The van der Waals surface area contributed by atoms with Crippen LogP contribution in [0.4, 0.5) is 11.4 Å². The second kappa shape index (κ2) is 11.3. The molecule has 0 aliphatic carbocycles. The number of nitrogens with one attached hydrogen (secondary N) is 1. The SMILES string of the molecule is CCN1CCCc2cc(CN(CCN3CCOCC3)C(=S)Nc3cc(C)cc(C)c3)ccc21. The van der Waals surface area contributed by atoms with Crippen LogP contribution in [0.5, 0.6) is 0 Å². The highest BCUT2D eigenvalue weighted by Crippen LogP contribution is 2.28. The monoisotopic (exact) mass is 466 g/mol. The summed E-state index contributed by atoms with van der Waals surface area (Å²) >= 11 is 5.93. The predicted octanol–water partition coefficient (Wildman–Crippen LogP) is 4.61. The maximum absolute atomic E-state index is 5.93. The topological polar surface area (TPSA) is 31.0 Å². The van der Waals surface area contributed by atoms with Crippen molar-refractivity contribution in [2.24, 2.45) is 0 Å². The van der Waals surface area contributed by atoms with Crippen LogP contribution in [-0.4, -0.2) is 67.4 Å². The summed E-state index contributed by atoms with van der Waals surface area (Å²) in [5, 5.41) is 4.31. The van der Waals surface area contributed by atoms with E-state index in [1.165, 1.54) is 47.3 Å². The molecule has 2 aliphatic heterocycles. The molecule has 2 aromatic carbocycles.